The minimum atomic E-state index is -1.07. The fourth-order valence-corrected chi connectivity index (χ4v) is 4.52. The summed E-state index contributed by atoms with van der Waals surface area (Å²) in [5.41, 5.74) is 8.48. The highest BCUT2D eigenvalue weighted by Crippen LogP contribution is 2.43. The SMILES string of the molecule is Cc1ncccc1[C@H](C(N)=O)N(C(=O)c1ccccc1)[C@@H]1CCc2c(F)cc(Cl)cc21. The molecule has 2 N–H and O–H groups in total. The number of rotatable bonds is 5. The summed E-state index contributed by atoms with van der Waals surface area (Å²) in [6.07, 6.45) is 2.49. The molecular weight excluding hydrogens is 417 g/mol. The summed E-state index contributed by atoms with van der Waals surface area (Å²) in [7, 11) is 0. The van der Waals surface area contributed by atoms with Gasteiger partial charge in [-0.15, -0.1) is 0 Å². The smallest absolute Gasteiger partial charge is 0.255 e. The number of aromatic nitrogens is 1. The molecule has 0 unspecified atom stereocenters. The van der Waals surface area contributed by atoms with Crippen LogP contribution in [0.5, 0.6) is 0 Å². The predicted octanol–water partition coefficient (Wildman–Crippen LogP) is 4.54. The number of carbonyl (C=O) groups excluding carboxylic acids is 2. The van der Waals surface area contributed by atoms with Gasteiger partial charge in [0.05, 0.1) is 6.04 Å². The average Bonchev–Trinajstić information content (AvgIpc) is 3.16. The topological polar surface area (TPSA) is 76.3 Å². The molecule has 158 valence electrons. The zero-order chi connectivity index (χ0) is 22.1. The first-order chi connectivity index (χ1) is 14.9. The van der Waals surface area contributed by atoms with Gasteiger partial charge >= 0.3 is 0 Å². The number of pyridine rings is 1. The third kappa shape index (κ3) is 3.91. The lowest BCUT2D eigenvalue weighted by molar-refractivity contribution is -0.123. The first-order valence-electron chi connectivity index (χ1n) is 9.95. The Hall–Kier alpha value is -3.25. The van der Waals surface area contributed by atoms with Crippen LogP contribution in [0.15, 0.2) is 60.8 Å². The number of hydrogen-bond acceptors (Lipinski definition) is 3. The second-order valence-electron chi connectivity index (χ2n) is 7.57. The molecule has 0 radical (unpaired) electrons. The Bertz CT molecular complexity index is 1150. The van der Waals surface area contributed by atoms with E-state index in [2.05, 4.69) is 4.98 Å². The molecule has 0 saturated carbocycles. The van der Waals surface area contributed by atoms with Crippen LogP contribution in [0.3, 0.4) is 0 Å². The molecule has 1 heterocycles. The van der Waals surface area contributed by atoms with Gasteiger partial charge in [-0.2, -0.15) is 0 Å². The maximum absolute atomic E-state index is 14.6. The highest BCUT2D eigenvalue weighted by molar-refractivity contribution is 6.30. The lowest BCUT2D eigenvalue weighted by atomic mass is 9.97. The Kier molecular flexibility index (Phi) is 5.74. The van der Waals surface area contributed by atoms with Crippen LogP contribution in [0.4, 0.5) is 4.39 Å². The number of nitrogens with two attached hydrogens (primary N) is 1. The summed E-state index contributed by atoms with van der Waals surface area (Å²) < 4.78 is 14.6. The van der Waals surface area contributed by atoms with Gasteiger partial charge in [0.2, 0.25) is 5.91 Å². The second-order valence-corrected chi connectivity index (χ2v) is 8.01. The van der Waals surface area contributed by atoms with E-state index in [9.17, 15) is 14.0 Å². The summed E-state index contributed by atoms with van der Waals surface area (Å²) >= 11 is 6.13. The van der Waals surface area contributed by atoms with Crippen LogP contribution in [0.2, 0.25) is 5.02 Å². The molecule has 0 bridgehead atoms. The summed E-state index contributed by atoms with van der Waals surface area (Å²) in [4.78, 5) is 32.2. The number of nitrogens with zero attached hydrogens (tertiary/aromatic N) is 2. The molecule has 0 fully saturated rings. The van der Waals surface area contributed by atoms with Gasteiger partial charge < -0.3 is 10.6 Å². The van der Waals surface area contributed by atoms with E-state index in [1.807, 2.05) is 0 Å². The van der Waals surface area contributed by atoms with Gasteiger partial charge in [-0.1, -0.05) is 35.9 Å². The first kappa shape index (κ1) is 21.0. The predicted molar refractivity (Wildman–Crippen MR) is 116 cm³/mol. The molecule has 5 nitrogen and oxygen atoms in total. The van der Waals surface area contributed by atoms with Crippen molar-refractivity contribution in [3.05, 3.63) is 99.6 Å². The molecule has 1 aliphatic carbocycles. The van der Waals surface area contributed by atoms with E-state index < -0.39 is 23.8 Å². The molecule has 1 aliphatic rings. The Balaban J connectivity index is 1.90. The molecule has 0 saturated heterocycles. The zero-order valence-electron chi connectivity index (χ0n) is 16.9. The minimum absolute atomic E-state index is 0.239. The Morgan fingerprint density at radius 2 is 1.94 bits per heavy atom. The zero-order valence-corrected chi connectivity index (χ0v) is 17.6. The largest absolute Gasteiger partial charge is 0.368 e. The van der Waals surface area contributed by atoms with Crippen LogP contribution in [0, 0.1) is 12.7 Å². The number of amides is 2. The first-order valence-corrected chi connectivity index (χ1v) is 10.3. The van der Waals surface area contributed by atoms with Gasteiger partial charge in [0.1, 0.15) is 11.9 Å². The van der Waals surface area contributed by atoms with Crippen molar-refractivity contribution in [2.24, 2.45) is 5.73 Å². The van der Waals surface area contributed by atoms with Crippen LogP contribution in [-0.4, -0.2) is 21.7 Å². The lowest BCUT2D eigenvalue weighted by Crippen LogP contribution is -2.44. The van der Waals surface area contributed by atoms with E-state index in [4.69, 9.17) is 17.3 Å². The lowest BCUT2D eigenvalue weighted by Gasteiger charge is -2.36. The van der Waals surface area contributed by atoms with Crippen molar-refractivity contribution in [1.82, 2.24) is 9.88 Å². The number of carbonyl (C=O) groups is 2. The van der Waals surface area contributed by atoms with E-state index in [0.717, 1.165) is 0 Å². The molecular formula is C24H21ClFN3O2. The monoisotopic (exact) mass is 437 g/mol. The van der Waals surface area contributed by atoms with Gasteiger partial charge in [-0.05, 0) is 61.2 Å². The fraction of sp³-hybridized carbons (Fsp3) is 0.208. The van der Waals surface area contributed by atoms with Crippen LogP contribution >= 0.6 is 11.6 Å². The van der Waals surface area contributed by atoms with E-state index in [-0.39, 0.29) is 10.9 Å². The van der Waals surface area contributed by atoms with Crippen molar-refractivity contribution in [3.63, 3.8) is 0 Å². The molecule has 0 spiro atoms. The highest BCUT2D eigenvalue weighted by Gasteiger charge is 2.40. The summed E-state index contributed by atoms with van der Waals surface area (Å²) in [5.74, 6) is -1.47. The molecule has 1 aromatic heterocycles. The van der Waals surface area contributed by atoms with Crippen molar-refractivity contribution in [2.75, 3.05) is 0 Å². The molecule has 2 atom stereocenters. The molecule has 2 amide bonds. The van der Waals surface area contributed by atoms with Crippen molar-refractivity contribution in [2.45, 2.75) is 31.8 Å². The van der Waals surface area contributed by atoms with Gasteiger partial charge in [-0.25, -0.2) is 4.39 Å². The fourth-order valence-electron chi connectivity index (χ4n) is 4.30. The third-order valence-electron chi connectivity index (χ3n) is 5.70. The minimum Gasteiger partial charge on any atom is -0.368 e. The van der Waals surface area contributed by atoms with E-state index in [1.54, 1.807) is 61.7 Å². The number of aryl methyl sites for hydroxylation is 1. The summed E-state index contributed by atoms with van der Waals surface area (Å²) in [6.45, 7) is 1.76. The van der Waals surface area contributed by atoms with E-state index in [1.165, 1.54) is 11.0 Å². The quantitative estimate of drug-likeness (QED) is 0.636. The maximum atomic E-state index is 14.6. The molecule has 3 aromatic rings. The van der Waals surface area contributed by atoms with Crippen molar-refractivity contribution >= 4 is 23.4 Å². The molecule has 4 rings (SSSR count). The Morgan fingerprint density at radius 1 is 1.19 bits per heavy atom. The average molecular weight is 438 g/mol. The standard InChI is InChI=1S/C24H21ClFN3O2/c1-14-17(8-5-11-28-14)22(23(27)30)29(24(31)15-6-3-2-4-7-15)21-10-9-18-19(21)12-16(25)13-20(18)26/h2-8,11-13,21-22H,9-10H2,1H3,(H2,27,30)/t21-,22-/m1/s1. The van der Waals surface area contributed by atoms with Crippen LogP contribution in [0.1, 0.15) is 51.2 Å². The van der Waals surface area contributed by atoms with Crippen molar-refractivity contribution < 1.29 is 14.0 Å². The number of hydrogen-bond donors (Lipinski definition) is 1. The molecule has 7 heteroatoms. The van der Waals surface area contributed by atoms with Gasteiger partial charge in [0.15, 0.2) is 0 Å². The summed E-state index contributed by atoms with van der Waals surface area (Å²) in [5, 5.41) is 0.239. The summed E-state index contributed by atoms with van der Waals surface area (Å²) in [6, 6.07) is 13.4. The number of benzene rings is 2. The second kappa shape index (κ2) is 8.47. The van der Waals surface area contributed by atoms with Crippen molar-refractivity contribution in [1.29, 1.82) is 0 Å². The van der Waals surface area contributed by atoms with Gasteiger partial charge in [0, 0.05) is 28.0 Å². The molecule has 0 aliphatic heterocycles. The number of halogens is 2. The highest BCUT2D eigenvalue weighted by atomic mass is 35.5. The Morgan fingerprint density at radius 3 is 2.61 bits per heavy atom. The van der Waals surface area contributed by atoms with Gasteiger partial charge in [0.25, 0.3) is 5.91 Å². The molecule has 2 aromatic carbocycles. The van der Waals surface area contributed by atoms with Crippen LogP contribution < -0.4 is 5.73 Å². The number of fused-ring (bicyclic) bond motifs is 1. The van der Waals surface area contributed by atoms with Crippen LogP contribution in [0.25, 0.3) is 0 Å². The third-order valence-corrected chi connectivity index (χ3v) is 5.92. The van der Waals surface area contributed by atoms with E-state index >= 15 is 0 Å². The Labute approximate surface area is 184 Å². The van der Waals surface area contributed by atoms with E-state index in [0.29, 0.717) is 40.8 Å². The molecule has 31 heavy (non-hydrogen) atoms. The van der Waals surface area contributed by atoms with Crippen LogP contribution in [-0.2, 0) is 11.2 Å². The normalized spacial score (nSPS) is 15.9. The van der Waals surface area contributed by atoms with Crippen molar-refractivity contribution in [3.8, 4) is 0 Å². The number of primary amides is 1. The maximum Gasteiger partial charge on any atom is 0.255 e. The van der Waals surface area contributed by atoms with Gasteiger partial charge in [-0.3, -0.25) is 14.6 Å².